The fraction of sp³-hybridized carbons (Fsp3) is 0.636. The van der Waals surface area contributed by atoms with Crippen molar-refractivity contribution in [3.63, 3.8) is 0 Å². The maximum atomic E-state index is 11.4. The summed E-state index contributed by atoms with van der Waals surface area (Å²) in [5.74, 6) is 1.24. The molecule has 0 spiro atoms. The summed E-state index contributed by atoms with van der Waals surface area (Å²) in [7, 11) is 0. The summed E-state index contributed by atoms with van der Waals surface area (Å²) in [5, 5.41) is 3.26. The highest BCUT2D eigenvalue weighted by atomic mass is 127. The second-order valence-electron chi connectivity index (χ2n) is 4.64. The lowest BCUT2D eigenvalue weighted by Crippen LogP contribution is -2.26. The van der Waals surface area contributed by atoms with Gasteiger partial charge < -0.3 is 15.0 Å². The lowest BCUT2D eigenvalue weighted by Gasteiger charge is -2.19. The standard InChI is InChI=1S/C11H14IN3O2/c12-9-10(14-5-15-11(9)16)13-4-6-3-7-1-2-8(6)17-7/h5-8H,1-4H2,(H2,13,14,15,16). The molecule has 5 nitrogen and oxygen atoms in total. The van der Waals surface area contributed by atoms with Gasteiger partial charge in [-0.3, -0.25) is 4.79 Å². The Hall–Kier alpha value is -0.630. The predicted molar refractivity (Wildman–Crippen MR) is 72.1 cm³/mol. The number of H-pyrrole nitrogens is 1. The van der Waals surface area contributed by atoms with Crippen LogP contribution in [0, 0.1) is 9.49 Å². The Balaban J connectivity index is 1.64. The number of rotatable bonds is 3. The molecule has 2 aliphatic heterocycles. The van der Waals surface area contributed by atoms with Gasteiger partial charge in [-0.05, 0) is 41.9 Å². The summed E-state index contributed by atoms with van der Waals surface area (Å²) in [5.41, 5.74) is -0.0905. The van der Waals surface area contributed by atoms with Crippen LogP contribution in [0.4, 0.5) is 5.82 Å². The number of aromatic nitrogens is 2. The van der Waals surface area contributed by atoms with Crippen molar-refractivity contribution < 1.29 is 4.74 Å². The number of fused-ring (bicyclic) bond motifs is 2. The van der Waals surface area contributed by atoms with E-state index in [2.05, 4.69) is 15.3 Å². The zero-order valence-corrected chi connectivity index (χ0v) is 11.4. The van der Waals surface area contributed by atoms with Gasteiger partial charge in [0.15, 0.2) is 0 Å². The van der Waals surface area contributed by atoms with Crippen LogP contribution in [0.2, 0.25) is 0 Å². The molecule has 6 heteroatoms. The summed E-state index contributed by atoms with van der Waals surface area (Å²) < 4.78 is 6.42. The zero-order chi connectivity index (χ0) is 11.8. The van der Waals surface area contributed by atoms with Crippen LogP contribution in [0.15, 0.2) is 11.1 Å². The molecule has 0 aromatic carbocycles. The average Bonchev–Trinajstić information content (AvgIpc) is 2.93. The van der Waals surface area contributed by atoms with Crippen molar-refractivity contribution >= 4 is 28.4 Å². The van der Waals surface area contributed by atoms with Crippen LogP contribution >= 0.6 is 22.6 Å². The van der Waals surface area contributed by atoms with Crippen molar-refractivity contribution in [3.05, 3.63) is 20.3 Å². The minimum absolute atomic E-state index is 0.0905. The summed E-state index contributed by atoms with van der Waals surface area (Å²) >= 11 is 2.01. The van der Waals surface area contributed by atoms with Gasteiger partial charge in [-0.15, -0.1) is 0 Å². The number of nitrogens with zero attached hydrogens (tertiary/aromatic N) is 1. The van der Waals surface area contributed by atoms with E-state index in [0.29, 0.717) is 27.5 Å². The number of nitrogens with one attached hydrogen (secondary N) is 2. The largest absolute Gasteiger partial charge is 0.375 e. The first-order chi connectivity index (χ1) is 8.24. The highest BCUT2D eigenvalue weighted by Gasteiger charge is 2.40. The molecular formula is C11H14IN3O2. The van der Waals surface area contributed by atoms with Gasteiger partial charge in [0.2, 0.25) is 0 Å². The monoisotopic (exact) mass is 347 g/mol. The Morgan fingerprint density at radius 1 is 1.59 bits per heavy atom. The molecule has 0 amide bonds. The van der Waals surface area contributed by atoms with E-state index in [9.17, 15) is 4.79 Å². The van der Waals surface area contributed by atoms with Crippen molar-refractivity contribution in [1.29, 1.82) is 0 Å². The first-order valence-electron chi connectivity index (χ1n) is 5.86. The second-order valence-corrected chi connectivity index (χ2v) is 5.72. The van der Waals surface area contributed by atoms with E-state index in [0.717, 1.165) is 13.0 Å². The Kier molecular flexibility index (Phi) is 3.08. The molecule has 2 bridgehead atoms. The topological polar surface area (TPSA) is 67.0 Å². The molecule has 0 aliphatic carbocycles. The summed E-state index contributed by atoms with van der Waals surface area (Å²) in [4.78, 5) is 18.1. The molecule has 2 fully saturated rings. The lowest BCUT2D eigenvalue weighted by atomic mass is 9.89. The predicted octanol–water partition coefficient (Wildman–Crippen LogP) is 1.35. The van der Waals surface area contributed by atoms with Crippen LogP contribution in [0.3, 0.4) is 0 Å². The first-order valence-corrected chi connectivity index (χ1v) is 6.94. The van der Waals surface area contributed by atoms with Crippen molar-refractivity contribution in [3.8, 4) is 0 Å². The normalized spacial score (nSPS) is 30.8. The molecule has 3 atom stereocenters. The Morgan fingerprint density at radius 2 is 2.47 bits per heavy atom. The highest BCUT2D eigenvalue weighted by molar-refractivity contribution is 14.1. The molecule has 0 radical (unpaired) electrons. The summed E-state index contributed by atoms with van der Waals surface area (Å²) in [6, 6.07) is 0. The van der Waals surface area contributed by atoms with Crippen molar-refractivity contribution in [1.82, 2.24) is 9.97 Å². The van der Waals surface area contributed by atoms with Crippen LogP contribution in [0.25, 0.3) is 0 Å². The minimum atomic E-state index is -0.0905. The Labute approximate surface area is 113 Å². The Bertz CT molecular complexity index is 476. The average molecular weight is 347 g/mol. The van der Waals surface area contributed by atoms with E-state index >= 15 is 0 Å². The minimum Gasteiger partial charge on any atom is -0.375 e. The number of ether oxygens (including phenoxy) is 1. The number of anilines is 1. The van der Waals surface area contributed by atoms with Crippen molar-refractivity contribution in [2.24, 2.45) is 5.92 Å². The molecule has 3 unspecified atom stereocenters. The SMILES string of the molecule is O=c1[nH]cnc(NCC2CC3CCC2O3)c1I. The molecule has 2 N–H and O–H groups in total. The van der Waals surface area contributed by atoms with Crippen LogP contribution in [-0.2, 0) is 4.74 Å². The fourth-order valence-electron chi connectivity index (χ4n) is 2.69. The molecule has 3 rings (SSSR count). The quantitative estimate of drug-likeness (QED) is 0.811. The van der Waals surface area contributed by atoms with Crippen LogP contribution < -0.4 is 10.9 Å². The van der Waals surface area contributed by atoms with Crippen LogP contribution in [-0.4, -0.2) is 28.7 Å². The molecule has 92 valence electrons. The molecule has 1 aromatic rings. The number of hydrogen-bond donors (Lipinski definition) is 2. The third-order valence-electron chi connectivity index (χ3n) is 3.56. The number of halogens is 1. The molecule has 17 heavy (non-hydrogen) atoms. The third-order valence-corrected chi connectivity index (χ3v) is 4.56. The first kappa shape index (κ1) is 11.5. The molecular weight excluding hydrogens is 333 g/mol. The molecule has 2 saturated heterocycles. The third kappa shape index (κ3) is 2.20. The van der Waals surface area contributed by atoms with E-state index < -0.39 is 0 Å². The van der Waals surface area contributed by atoms with Gasteiger partial charge in [0.1, 0.15) is 9.39 Å². The van der Waals surface area contributed by atoms with Gasteiger partial charge in [-0.1, -0.05) is 0 Å². The van der Waals surface area contributed by atoms with Gasteiger partial charge in [0.25, 0.3) is 5.56 Å². The molecule has 3 heterocycles. The summed E-state index contributed by atoms with van der Waals surface area (Å²) in [6.45, 7) is 0.841. The van der Waals surface area contributed by atoms with Crippen molar-refractivity contribution in [2.75, 3.05) is 11.9 Å². The van der Waals surface area contributed by atoms with Gasteiger partial charge in [0.05, 0.1) is 18.5 Å². The maximum Gasteiger partial charge on any atom is 0.266 e. The smallest absolute Gasteiger partial charge is 0.266 e. The van der Waals surface area contributed by atoms with E-state index in [1.165, 1.54) is 19.2 Å². The number of aromatic amines is 1. The van der Waals surface area contributed by atoms with E-state index in [4.69, 9.17) is 4.74 Å². The molecule has 1 aromatic heterocycles. The van der Waals surface area contributed by atoms with Gasteiger partial charge in [-0.2, -0.15) is 0 Å². The molecule has 0 saturated carbocycles. The van der Waals surface area contributed by atoms with Crippen LogP contribution in [0.5, 0.6) is 0 Å². The van der Waals surface area contributed by atoms with Gasteiger partial charge in [0, 0.05) is 12.5 Å². The fourth-order valence-corrected chi connectivity index (χ4v) is 3.18. The zero-order valence-electron chi connectivity index (χ0n) is 9.28. The summed E-state index contributed by atoms with van der Waals surface area (Å²) in [6.07, 6.45) is 5.84. The van der Waals surface area contributed by atoms with E-state index in [1.54, 1.807) is 0 Å². The molecule has 2 aliphatic rings. The lowest BCUT2D eigenvalue weighted by molar-refractivity contribution is 0.0941. The second kappa shape index (κ2) is 4.56. The number of hydrogen-bond acceptors (Lipinski definition) is 4. The Morgan fingerprint density at radius 3 is 3.18 bits per heavy atom. The maximum absolute atomic E-state index is 11.4. The highest BCUT2D eigenvalue weighted by Crippen LogP contribution is 2.38. The van der Waals surface area contributed by atoms with Crippen LogP contribution in [0.1, 0.15) is 19.3 Å². The van der Waals surface area contributed by atoms with Gasteiger partial charge in [-0.25, -0.2) is 4.98 Å². The van der Waals surface area contributed by atoms with Gasteiger partial charge >= 0.3 is 0 Å². The van der Waals surface area contributed by atoms with Crippen molar-refractivity contribution in [2.45, 2.75) is 31.5 Å². The van der Waals surface area contributed by atoms with E-state index in [-0.39, 0.29) is 5.56 Å². The van der Waals surface area contributed by atoms with E-state index in [1.807, 2.05) is 22.6 Å².